The van der Waals surface area contributed by atoms with E-state index in [2.05, 4.69) is 10.4 Å². The molecule has 3 rings (SSSR count). The Balaban J connectivity index is 1.67. The smallest absolute Gasteiger partial charge is 0.245 e. The molecule has 156 valence electrons. The van der Waals surface area contributed by atoms with Crippen LogP contribution < -0.4 is 14.8 Å². The molecule has 1 aromatic carbocycles. The second-order valence-electron chi connectivity index (χ2n) is 7.05. The molecular formula is C21H28N4O4. The van der Waals surface area contributed by atoms with Gasteiger partial charge in [-0.15, -0.1) is 0 Å². The molecule has 2 amide bonds. The van der Waals surface area contributed by atoms with Crippen molar-refractivity contribution in [3.05, 3.63) is 36.0 Å². The Morgan fingerprint density at radius 1 is 1.14 bits per heavy atom. The van der Waals surface area contributed by atoms with Crippen LogP contribution in [0.5, 0.6) is 11.5 Å². The maximum atomic E-state index is 12.6. The zero-order valence-electron chi connectivity index (χ0n) is 17.0. The molecule has 1 fully saturated rings. The minimum atomic E-state index is -0.224. The second-order valence-corrected chi connectivity index (χ2v) is 7.05. The fraction of sp³-hybridized carbons (Fsp3) is 0.476. The lowest BCUT2D eigenvalue weighted by molar-refractivity contribution is -0.135. The van der Waals surface area contributed by atoms with Crippen LogP contribution in [0.4, 0.5) is 5.82 Å². The normalized spacial score (nSPS) is 14.8. The lowest BCUT2D eigenvalue weighted by atomic mass is 10.1. The number of ether oxygens (including phenoxy) is 2. The minimum absolute atomic E-state index is 0.0504. The Bertz CT molecular complexity index is 849. The van der Waals surface area contributed by atoms with Crippen LogP contribution in [0.3, 0.4) is 0 Å². The number of hydrogen-bond donors (Lipinski definition) is 1. The average Bonchev–Trinajstić information content (AvgIpc) is 3.14. The SMILES string of the molecule is COc1cccc(Cn2nccc2NC(=O)CN2CCCCCCC2=O)c1OC. The summed E-state index contributed by atoms with van der Waals surface area (Å²) in [6.07, 6.45) is 6.16. The van der Waals surface area contributed by atoms with Crippen molar-refractivity contribution in [2.24, 2.45) is 0 Å². The van der Waals surface area contributed by atoms with Crippen molar-refractivity contribution in [2.75, 3.05) is 32.6 Å². The van der Waals surface area contributed by atoms with Gasteiger partial charge in [-0.25, -0.2) is 4.68 Å². The number of aromatic nitrogens is 2. The number of nitrogens with zero attached hydrogens (tertiary/aromatic N) is 3. The maximum Gasteiger partial charge on any atom is 0.245 e. The van der Waals surface area contributed by atoms with E-state index in [1.54, 1.807) is 36.1 Å². The van der Waals surface area contributed by atoms with Crippen LogP contribution in [0.25, 0.3) is 0 Å². The van der Waals surface area contributed by atoms with Crippen molar-refractivity contribution in [2.45, 2.75) is 38.6 Å². The highest BCUT2D eigenvalue weighted by Crippen LogP contribution is 2.31. The molecule has 0 aliphatic carbocycles. The third-order valence-corrected chi connectivity index (χ3v) is 5.04. The van der Waals surface area contributed by atoms with Gasteiger partial charge in [-0.3, -0.25) is 9.59 Å². The molecule has 1 aromatic heterocycles. The third kappa shape index (κ3) is 5.28. The fourth-order valence-corrected chi connectivity index (χ4v) is 3.54. The molecule has 1 N–H and O–H groups in total. The van der Waals surface area contributed by atoms with Gasteiger partial charge in [-0.05, 0) is 18.9 Å². The summed E-state index contributed by atoms with van der Waals surface area (Å²) in [5.74, 6) is 1.67. The Kier molecular flexibility index (Phi) is 7.10. The van der Waals surface area contributed by atoms with Gasteiger partial charge in [0.05, 0.1) is 33.5 Å². The van der Waals surface area contributed by atoms with Crippen LogP contribution in [0.2, 0.25) is 0 Å². The second kappa shape index (κ2) is 9.95. The molecule has 2 heterocycles. The van der Waals surface area contributed by atoms with Crippen LogP contribution in [-0.2, 0) is 16.1 Å². The molecule has 0 radical (unpaired) electrons. The first kappa shape index (κ1) is 20.7. The number of methoxy groups -OCH3 is 2. The maximum absolute atomic E-state index is 12.6. The Morgan fingerprint density at radius 3 is 2.76 bits per heavy atom. The third-order valence-electron chi connectivity index (χ3n) is 5.04. The molecule has 0 atom stereocenters. The highest BCUT2D eigenvalue weighted by atomic mass is 16.5. The number of carbonyl (C=O) groups is 2. The molecule has 1 aliphatic heterocycles. The molecule has 0 saturated carbocycles. The first-order valence-electron chi connectivity index (χ1n) is 9.91. The van der Waals surface area contributed by atoms with Crippen LogP contribution in [0.15, 0.2) is 30.5 Å². The fourth-order valence-electron chi connectivity index (χ4n) is 3.54. The minimum Gasteiger partial charge on any atom is -0.493 e. The molecule has 8 nitrogen and oxygen atoms in total. The first-order valence-corrected chi connectivity index (χ1v) is 9.91. The molecule has 0 spiro atoms. The summed E-state index contributed by atoms with van der Waals surface area (Å²) in [4.78, 5) is 26.5. The summed E-state index contributed by atoms with van der Waals surface area (Å²) in [5, 5.41) is 7.19. The molecular weight excluding hydrogens is 372 g/mol. The van der Waals surface area contributed by atoms with Crippen molar-refractivity contribution < 1.29 is 19.1 Å². The van der Waals surface area contributed by atoms with E-state index < -0.39 is 0 Å². The van der Waals surface area contributed by atoms with Gasteiger partial charge in [0.1, 0.15) is 5.82 Å². The van der Waals surface area contributed by atoms with Crippen molar-refractivity contribution in [1.29, 1.82) is 0 Å². The lowest BCUT2D eigenvalue weighted by Crippen LogP contribution is -2.39. The van der Waals surface area contributed by atoms with Crippen molar-refractivity contribution in [3.8, 4) is 11.5 Å². The quantitative estimate of drug-likeness (QED) is 0.772. The van der Waals surface area contributed by atoms with E-state index in [9.17, 15) is 9.59 Å². The van der Waals surface area contributed by atoms with Crippen LogP contribution >= 0.6 is 0 Å². The summed E-state index contributed by atoms with van der Waals surface area (Å²) in [7, 11) is 3.18. The number of nitrogens with one attached hydrogen (secondary N) is 1. The summed E-state index contributed by atoms with van der Waals surface area (Å²) in [6, 6.07) is 7.37. The van der Waals surface area contributed by atoms with Gasteiger partial charge in [-0.1, -0.05) is 25.0 Å². The Hall–Kier alpha value is -3.03. The van der Waals surface area contributed by atoms with Gasteiger partial charge in [0.25, 0.3) is 0 Å². The first-order chi connectivity index (χ1) is 14.1. The van der Waals surface area contributed by atoms with Gasteiger partial charge in [0, 0.05) is 24.6 Å². The highest BCUT2D eigenvalue weighted by molar-refractivity contribution is 5.93. The van der Waals surface area contributed by atoms with Gasteiger partial charge >= 0.3 is 0 Å². The van der Waals surface area contributed by atoms with E-state index in [0.717, 1.165) is 31.2 Å². The average molecular weight is 400 g/mol. The lowest BCUT2D eigenvalue weighted by Gasteiger charge is -2.24. The number of anilines is 1. The summed E-state index contributed by atoms with van der Waals surface area (Å²) in [5.41, 5.74) is 0.880. The van der Waals surface area contributed by atoms with Gasteiger partial charge in [0.2, 0.25) is 11.8 Å². The highest BCUT2D eigenvalue weighted by Gasteiger charge is 2.19. The van der Waals surface area contributed by atoms with Crippen LogP contribution in [-0.4, -0.2) is 53.8 Å². The van der Waals surface area contributed by atoms with Crippen LogP contribution in [0, 0.1) is 0 Å². The van der Waals surface area contributed by atoms with E-state index in [1.165, 1.54) is 0 Å². The number of amides is 2. The number of benzene rings is 1. The van der Waals surface area contributed by atoms with Crippen LogP contribution in [0.1, 0.15) is 37.7 Å². The summed E-state index contributed by atoms with van der Waals surface area (Å²) >= 11 is 0. The van der Waals surface area contributed by atoms with Gasteiger partial charge in [0.15, 0.2) is 11.5 Å². The molecule has 29 heavy (non-hydrogen) atoms. The Morgan fingerprint density at radius 2 is 1.97 bits per heavy atom. The monoisotopic (exact) mass is 400 g/mol. The van der Waals surface area contributed by atoms with E-state index in [1.807, 2.05) is 18.2 Å². The van der Waals surface area contributed by atoms with Gasteiger partial charge < -0.3 is 19.7 Å². The summed E-state index contributed by atoms with van der Waals surface area (Å²) in [6.45, 7) is 1.10. The number of rotatable bonds is 7. The Labute approximate surface area is 170 Å². The van der Waals surface area contributed by atoms with E-state index in [0.29, 0.717) is 36.8 Å². The number of likely N-dealkylation sites (tertiary alicyclic amines) is 1. The number of hydrogen-bond acceptors (Lipinski definition) is 5. The zero-order chi connectivity index (χ0) is 20.6. The predicted octanol–water partition coefficient (Wildman–Crippen LogP) is 2.68. The van der Waals surface area contributed by atoms with E-state index >= 15 is 0 Å². The van der Waals surface area contributed by atoms with Crippen molar-refractivity contribution >= 4 is 17.6 Å². The predicted molar refractivity (Wildman–Crippen MR) is 109 cm³/mol. The van der Waals surface area contributed by atoms with E-state index in [4.69, 9.17) is 9.47 Å². The number of para-hydroxylation sites is 1. The summed E-state index contributed by atoms with van der Waals surface area (Å²) < 4.78 is 12.5. The topological polar surface area (TPSA) is 85.7 Å². The van der Waals surface area contributed by atoms with Crippen molar-refractivity contribution in [1.82, 2.24) is 14.7 Å². The van der Waals surface area contributed by atoms with Crippen molar-refractivity contribution in [3.63, 3.8) is 0 Å². The standard InChI is InChI=1S/C21H28N4O4/c1-28-17-9-7-8-16(21(17)29-2)14-25-18(11-12-22-25)23-19(26)15-24-13-6-4-3-5-10-20(24)27/h7-9,11-12H,3-6,10,13-15H2,1-2H3,(H,23,26). The molecule has 0 bridgehead atoms. The molecule has 2 aromatic rings. The van der Waals surface area contributed by atoms with E-state index in [-0.39, 0.29) is 18.4 Å². The molecule has 8 heteroatoms. The zero-order valence-corrected chi connectivity index (χ0v) is 17.0. The number of carbonyl (C=O) groups excluding carboxylic acids is 2. The molecule has 1 saturated heterocycles. The molecule has 1 aliphatic rings. The van der Waals surface area contributed by atoms with Gasteiger partial charge in [-0.2, -0.15) is 5.10 Å². The largest absolute Gasteiger partial charge is 0.493 e. The molecule has 0 unspecified atom stereocenters.